The zero-order valence-electron chi connectivity index (χ0n) is 16.9. The van der Waals surface area contributed by atoms with Gasteiger partial charge in [-0.2, -0.15) is 0 Å². The number of fused-ring (bicyclic) bond motifs is 4. The Balaban J connectivity index is 1.57. The number of pyridine rings is 1. The second-order valence-corrected chi connectivity index (χ2v) is 9.23. The first-order valence-electron chi connectivity index (χ1n) is 10.8. The van der Waals surface area contributed by atoms with Gasteiger partial charge in [0.2, 0.25) is 0 Å². The van der Waals surface area contributed by atoms with Crippen LogP contribution in [0.15, 0.2) is 66.9 Å². The lowest BCUT2D eigenvalue weighted by Crippen LogP contribution is -2.34. The molecule has 148 valence electrons. The molecule has 3 aromatic rings. The van der Waals surface area contributed by atoms with Crippen molar-refractivity contribution in [3.63, 3.8) is 0 Å². The van der Waals surface area contributed by atoms with Crippen molar-refractivity contribution in [2.45, 2.75) is 43.9 Å². The van der Waals surface area contributed by atoms with Crippen LogP contribution in [0.1, 0.15) is 43.2 Å². The van der Waals surface area contributed by atoms with E-state index in [1.54, 1.807) is 0 Å². The van der Waals surface area contributed by atoms with Crippen LogP contribution in [0.25, 0.3) is 22.4 Å². The van der Waals surface area contributed by atoms with E-state index in [0.717, 1.165) is 36.1 Å². The Labute approximate surface area is 176 Å². The Morgan fingerprint density at radius 3 is 2.50 bits per heavy atom. The first kappa shape index (κ1) is 17.8. The molecule has 30 heavy (non-hydrogen) atoms. The first-order valence-corrected chi connectivity index (χ1v) is 10.8. The molecule has 2 spiro atoms. The number of ketones is 2. The molecule has 3 aliphatic carbocycles. The fraction of sp³-hybridized carbons (Fsp3) is 0.296. The molecule has 0 aliphatic heterocycles. The highest BCUT2D eigenvalue weighted by atomic mass is 16.2. The predicted molar refractivity (Wildman–Crippen MR) is 116 cm³/mol. The van der Waals surface area contributed by atoms with Crippen LogP contribution in [-0.2, 0) is 21.4 Å². The van der Waals surface area contributed by atoms with Crippen molar-refractivity contribution in [2.24, 2.45) is 5.41 Å². The summed E-state index contributed by atoms with van der Waals surface area (Å²) in [6.07, 6.45) is 5.85. The van der Waals surface area contributed by atoms with Gasteiger partial charge < -0.3 is 0 Å². The third-order valence-corrected chi connectivity index (χ3v) is 7.59. The van der Waals surface area contributed by atoms with Gasteiger partial charge in [-0.3, -0.25) is 14.6 Å². The number of nitrogens with zero attached hydrogens (tertiary/aromatic N) is 1. The van der Waals surface area contributed by atoms with Gasteiger partial charge in [-0.05, 0) is 60.1 Å². The molecule has 1 heterocycles. The number of rotatable bonds is 1. The van der Waals surface area contributed by atoms with Gasteiger partial charge in [0.05, 0.1) is 11.1 Å². The summed E-state index contributed by atoms with van der Waals surface area (Å²) in [5.41, 5.74) is 5.77. The minimum absolute atomic E-state index is 0.161. The number of benzene rings is 2. The van der Waals surface area contributed by atoms with Crippen LogP contribution in [0.4, 0.5) is 0 Å². The van der Waals surface area contributed by atoms with Crippen LogP contribution in [0.5, 0.6) is 0 Å². The van der Waals surface area contributed by atoms with Gasteiger partial charge in [-0.15, -0.1) is 0 Å². The molecular formula is C27H23NO2. The average Bonchev–Trinajstić information content (AvgIpc) is 3.28. The molecule has 3 nitrogen and oxygen atoms in total. The van der Waals surface area contributed by atoms with Gasteiger partial charge in [0, 0.05) is 30.0 Å². The van der Waals surface area contributed by atoms with Crippen molar-refractivity contribution in [3.8, 4) is 22.4 Å². The van der Waals surface area contributed by atoms with Crippen molar-refractivity contribution >= 4 is 11.6 Å². The maximum Gasteiger partial charge on any atom is 0.147 e. The lowest BCUT2D eigenvalue weighted by molar-refractivity contribution is -0.136. The maximum atomic E-state index is 13.3. The van der Waals surface area contributed by atoms with Crippen LogP contribution >= 0.6 is 0 Å². The molecule has 0 bridgehead atoms. The average molecular weight is 393 g/mol. The normalized spacial score (nSPS) is 26.9. The number of carbonyl (C=O) groups excluding carboxylic acids is 2. The second-order valence-electron chi connectivity index (χ2n) is 9.23. The van der Waals surface area contributed by atoms with Crippen molar-refractivity contribution in [3.05, 3.63) is 78.0 Å². The molecule has 2 aromatic carbocycles. The lowest BCUT2D eigenvalue weighted by atomic mass is 9.65. The third-order valence-electron chi connectivity index (χ3n) is 7.59. The summed E-state index contributed by atoms with van der Waals surface area (Å²) in [7, 11) is 0. The summed E-state index contributed by atoms with van der Waals surface area (Å²) >= 11 is 0. The third kappa shape index (κ3) is 2.35. The van der Waals surface area contributed by atoms with Gasteiger partial charge in [0.15, 0.2) is 0 Å². The highest BCUT2D eigenvalue weighted by Gasteiger charge is 2.61. The standard InChI is InChI=1S/C27H23NO2/c29-23-9-4-12-27(23)17-26(16-24(27)30)15-20-8-5-13-28-25(20)21-11-10-19(14-22(21)26)18-6-2-1-3-7-18/h1-3,5-8,10-11,13-14H,4,9,12,15-17H2. The molecule has 2 saturated carbocycles. The van der Waals surface area contributed by atoms with Crippen molar-refractivity contribution in [2.75, 3.05) is 0 Å². The minimum Gasteiger partial charge on any atom is -0.299 e. The van der Waals surface area contributed by atoms with Crippen LogP contribution in [-0.4, -0.2) is 16.6 Å². The highest BCUT2D eigenvalue weighted by Crippen LogP contribution is 2.59. The Hall–Kier alpha value is -3.07. The Morgan fingerprint density at radius 2 is 1.70 bits per heavy atom. The molecule has 0 saturated heterocycles. The molecule has 2 unspecified atom stereocenters. The van der Waals surface area contributed by atoms with E-state index in [1.165, 1.54) is 16.7 Å². The van der Waals surface area contributed by atoms with E-state index in [-0.39, 0.29) is 17.0 Å². The number of carbonyl (C=O) groups is 2. The molecule has 0 radical (unpaired) electrons. The summed E-state index contributed by atoms with van der Waals surface area (Å²) < 4.78 is 0. The van der Waals surface area contributed by atoms with Gasteiger partial charge in [-0.1, -0.05) is 48.5 Å². The zero-order valence-corrected chi connectivity index (χ0v) is 16.9. The topological polar surface area (TPSA) is 47.0 Å². The van der Waals surface area contributed by atoms with E-state index in [9.17, 15) is 9.59 Å². The first-order chi connectivity index (χ1) is 14.6. The van der Waals surface area contributed by atoms with Crippen molar-refractivity contribution < 1.29 is 9.59 Å². The van der Waals surface area contributed by atoms with E-state index in [1.807, 2.05) is 30.5 Å². The zero-order chi connectivity index (χ0) is 20.3. The smallest absolute Gasteiger partial charge is 0.147 e. The molecule has 0 N–H and O–H groups in total. The number of hydrogen-bond acceptors (Lipinski definition) is 3. The minimum atomic E-state index is -0.750. The molecule has 2 atom stereocenters. The molecule has 6 rings (SSSR count). The molecule has 1 aromatic heterocycles. The quantitative estimate of drug-likeness (QED) is 0.526. The largest absolute Gasteiger partial charge is 0.299 e. The molecule has 2 fully saturated rings. The van der Waals surface area contributed by atoms with Crippen LogP contribution < -0.4 is 0 Å². The summed E-state index contributed by atoms with van der Waals surface area (Å²) in [5, 5.41) is 0. The van der Waals surface area contributed by atoms with Crippen LogP contribution in [0.2, 0.25) is 0 Å². The number of aromatic nitrogens is 1. The Kier molecular flexibility index (Phi) is 3.68. The molecular weight excluding hydrogens is 370 g/mol. The van der Waals surface area contributed by atoms with Crippen LogP contribution in [0, 0.1) is 5.41 Å². The number of hydrogen-bond donors (Lipinski definition) is 0. The van der Waals surface area contributed by atoms with E-state index < -0.39 is 5.41 Å². The summed E-state index contributed by atoms with van der Waals surface area (Å²) in [6.45, 7) is 0. The Bertz CT molecular complexity index is 1200. The van der Waals surface area contributed by atoms with Gasteiger partial charge in [0.25, 0.3) is 0 Å². The maximum absolute atomic E-state index is 13.3. The van der Waals surface area contributed by atoms with E-state index >= 15 is 0 Å². The number of Topliss-reactive ketones (excluding diaryl/α,β-unsaturated/α-hetero) is 2. The van der Waals surface area contributed by atoms with E-state index in [2.05, 4.69) is 41.4 Å². The summed E-state index contributed by atoms with van der Waals surface area (Å²) in [4.78, 5) is 30.9. The monoisotopic (exact) mass is 393 g/mol. The SMILES string of the molecule is O=C1CCCC12CC1(CC2=O)Cc2cccnc2-c2ccc(-c3ccccc3)cc21. The molecule has 0 amide bonds. The fourth-order valence-electron chi connectivity index (χ4n) is 6.23. The lowest BCUT2D eigenvalue weighted by Gasteiger charge is -2.37. The highest BCUT2D eigenvalue weighted by molar-refractivity contribution is 6.10. The van der Waals surface area contributed by atoms with Crippen LogP contribution in [0.3, 0.4) is 0 Å². The van der Waals surface area contributed by atoms with Crippen molar-refractivity contribution in [1.82, 2.24) is 4.98 Å². The van der Waals surface area contributed by atoms with Gasteiger partial charge >= 0.3 is 0 Å². The van der Waals surface area contributed by atoms with Gasteiger partial charge in [0.1, 0.15) is 11.6 Å². The van der Waals surface area contributed by atoms with E-state index in [4.69, 9.17) is 0 Å². The van der Waals surface area contributed by atoms with Crippen molar-refractivity contribution in [1.29, 1.82) is 0 Å². The fourth-order valence-corrected chi connectivity index (χ4v) is 6.23. The molecule has 3 aliphatic rings. The molecule has 3 heteroatoms. The Morgan fingerprint density at radius 1 is 0.833 bits per heavy atom. The summed E-state index contributed by atoms with van der Waals surface area (Å²) in [6, 6.07) is 21.0. The second kappa shape index (κ2) is 6.21. The summed E-state index contributed by atoms with van der Waals surface area (Å²) in [5.74, 6) is 0.329. The van der Waals surface area contributed by atoms with Gasteiger partial charge in [-0.25, -0.2) is 0 Å². The van der Waals surface area contributed by atoms with E-state index in [0.29, 0.717) is 19.3 Å². The predicted octanol–water partition coefficient (Wildman–Crippen LogP) is 5.31.